The Bertz CT molecular complexity index is 390. The number of hydrogen-bond acceptors (Lipinski definition) is 4. The zero-order chi connectivity index (χ0) is 17.3. The lowest BCUT2D eigenvalue weighted by atomic mass is 10.1. The van der Waals surface area contributed by atoms with E-state index < -0.39 is 6.10 Å². The van der Waals surface area contributed by atoms with E-state index in [2.05, 4.69) is 29.3 Å². The molecule has 0 saturated carbocycles. The lowest BCUT2D eigenvalue weighted by Crippen LogP contribution is -1.97. The van der Waals surface area contributed by atoms with Gasteiger partial charge in [0.15, 0.2) is 0 Å². The molecule has 24 heavy (non-hydrogen) atoms. The van der Waals surface area contributed by atoms with Gasteiger partial charge < -0.3 is 9.52 Å². The first kappa shape index (κ1) is 20.9. The fourth-order valence-corrected chi connectivity index (χ4v) is 2.86. The quantitative estimate of drug-likeness (QED) is 0.291. The molecule has 0 aromatic carbocycles. The Kier molecular flexibility index (Phi) is 13.4. The smallest absolute Gasteiger partial charge is 0.244 e. The van der Waals surface area contributed by atoms with E-state index in [-0.39, 0.29) is 0 Å². The highest BCUT2D eigenvalue weighted by Crippen LogP contribution is 2.18. The Balaban J connectivity index is 1.79. The summed E-state index contributed by atoms with van der Waals surface area (Å²) in [6.07, 6.45) is 22.8. The summed E-state index contributed by atoms with van der Waals surface area (Å²) in [4.78, 5) is 0. The number of allylic oxidation sites excluding steroid dienone is 2. The first-order valence-electron chi connectivity index (χ1n) is 9.93. The van der Waals surface area contributed by atoms with Gasteiger partial charge in [-0.1, -0.05) is 76.9 Å². The van der Waals surface area contributed by atoms with Crippen LogP contribution in [0.5, 0.6) is 0 Å². The molecule has 0 radical (unpaired) electrons. The van der Waals surface area contributed by atoms with Crippen molar-refractivity contribution in [2.24, 2.45) is 0 Å². The molecule has 1 N–H and O–H groups in total. The molecule has 0 bridgehead atoms. The van der Waals surface area contributed by atoms with Crippen molar-refractivity contribution in [2.45, 2.75) is 103 Å². The maximum atomic E-state index is 9.81. The Morgan fingerprint density at radius 1 is 0.917 bits per heavy atom. The molecule has 1 heterocycles. The van der Waals surface area contributed by atoms with Gasteiger partial charge in [-0.3, -0.25) is 0 Å². The highest BCUT2D eigenvalue weighted by molar-refractivity contribution is 4.81. The van der Waals surface area contributed by atoms with Gasteiger partial charge in [-0.05, 0) is 32.1 Å². The number of aromatic nitrogens is 2. The van der Waals surface area contributed by atoms with E-state index in [1.165, 1.54) is 77.0 Å². The molecule has 0 aliphatic heterocycles. The predicted molar refractivity (Wildman–Crippen MR) is 98.7 cm³/mol. The summed E-state index contributed by atoms with van der Waals surface area (Å²) in [7, 11) is 0. The molecule has 138 valence electrons. The Labute approximate surface area is 147 Å². The van der Waals surface area contributed by atoms with E-state index in [9.17, 15) is 5.11 Å². The van der Waals surface area contributed by atoms with Crippen molar-refractivity contribution in [3.63, 3.8) is 0 Å². The van der Waals surface area contributed by atoms with Crippen molar-refractivity contribution in [3.8, 4) is 0 Å². The fraction of sp³-hybridized carbons (Fsp3) is 0.800. The van der Waals surface area contributed by atoms with Gasteiger partial charge in [-0.2, -0.15) is 0 Å². The molecule has 4 heteroatoms. The van der Waals surface area contributed by atoms with Gasteiger partial charge in [0.1, 0.15) is 6.10 Å². The number of aliphatic hydroxyl groups excluding tert-OH is 1. The number of aliphatic hydroxyl groups is 1. The third kappa shape index (κ3) is 11.4. The van der Waals surface area contributed by atoms with Crippen molar-refractivity contribution < 1.29 is 9.52 Å². The first-order valence-corrected chi connectivity index (χ1v) is 9.93. The lowest BCUT2D eigenvalue weighted by molar-refractivity contribution is 0.130. The van der Waals surface area contributed by atoms with E-state index in [4.69, 9.17) is 4.42 Å². The maximum absolute atomic E-state index is 9.81. The first-order chi connectivity index (χ1) is 11.8. The second-order valence-corrected chi connectivity index (χ2v) is 6.67. The minimum Gasteiger partial charge on any atom is -0.425 e. The monoisotopic (exact) mass is 336 g/mol. The van der Waals surface area contributed by atoms with Crippen LogP contribution < -0.4 is 0 Å². The van der Waals surface area contributed by atoms with Gasteiger partial charge in [-0.15, -0.1) is 10.2 Å². The summed E-state index contributed by atoms with van der Waals surface area (Å²) < 4.78 is 4.99. The Morgan fingerprint density at radius 2 is 1.50 bits per heavy atom. The van der Waals surface area contributed by atoms with Crippen molar-refractivity contribution in [2.75, 3.05) is 0 Å². The minimum absolute atomic E-state index is 0.338. The SMILES string of the molecule is CCCCCCCC/C=C/CCCCCCCC(O)c1nnco1. The molecule has 0 aliphatic rings. The highest BCUT2D eigenvalue weighted by atomic mass is 16.4. The van der Waals surface area contributed by atoms with Crippen LogP contribution in [0.15, 0.2) is 23.0 Å². The number of nitrogens with zero attached hydrogens (tertiary/aromatic N) is 2. The average molecular weight is 337 g/mol. The zero-order valence-electron chi connectivity index (χ0n) is 15.5. The number of rotatable bonds is 16. The van der Waals surface area contributed by atoms with Crippen LogP contribution in [-0.2, 0) is 0 Å². The largest absolute Gasteiger partial charge is 0.425 e. The molecule has 0 amide bonds. The molecular formula is C20H36N2O2. The van der Waals surface area contributed by atoms with Crippen LogP contribution in [0.4, 0.5) is 0 Å². The summed E-state index contributed by atoms with van der Waals surface area (Å²) >= 11 is 0. The summed E-state index contributed by atoms with van der Waals surface area (Å²) in [6, 6.07) is 0. The average Bonchev–Trinajstić information content (AvgIpc) is 3.13. The molecule has 0 fully saturated rings. The maximum Gasteiger partial charge on any atom is 0.244 e. The van der Waals surface area contributed by atoms with Gasteiger partial charge in [-0.25, -0.2) is 0 Å². The molecule has 0 saturated heterocycles. The Morgan fingerprint density at radius 3 is 2.08 bits per heavy atom. The second kappa shape index (κ2) is 15.4. The molecule has 4 nitrogen and oxygen atoms in total. The van der Waals surface area contributed by atoms with Crippen LogP contribution in [0.3, 0.4) is 0 Å². The fourth-order valence-electron chi connectivity index (χ4n) is 2.86. The van der Waals surface area contributed by atoms with Crippen LogP contribution in [0, 0.1) is 0 Å². The van der Waals surface area contributed by atoms with Crippen molar-refractivity contribution in [3.05, 3.63) is 24.4 Å². The summed E-state index contributed by atoms with van der Waals surface area (Å²) in [5.41, 5.74) is 0. The molecule has 0 aliphatic carbocycles. The number of unbranched alkanes of at least 4 members (excludes halogenated alkanes) is 11. The molecule has 1 rings (SSSR count). The van der Waals surface area contributed by atoms with Crippen LogP contribution >= 0.6 is 0 Å². The standard InChI is InChI=1S/C20H36N2O2/c1-2-3-4-5-6-7-8-9-10-11-12-13-14-15-16-17-19(23)20-22-21-18-24-20/h9-10,18-19,23H,2-8,11-17H2,1H3/b10-9+. The van der Waals surface area contributed by atoms with E-state index >= 15 is 0 Å². The van der Waals surface area contributed by atoms with Gasteiger partial charge in [0.25, 0.3) is 0 Å². The predicted octanol–water partition coefficient (Wildman–Crippen LogP) is 6.14. The van der Waals surface area contributed by atoms with Crippen molar-refractivity contribution >= 4 is 0 Å². The highest BCUT2D eigenvalue weighted by Gasteiger charge is 2.11. The van der Waals surface area contributed by atoms with Crippen molar-refractivity contribution in [1.29, 1.82) is 0 Å². The molecule has 1 atom stereocenters. The summed E-state index contributed by atoms with van der Waals surface area (Å²) in [5.74, 6) is 0.338. The Hall–Kier alpha value is -1.16. The lowest BCUT2D eigenvalue weighted by Gasteiger charge is -2.05. The van der Waals surface area contributed by atoms with Gasteiger partial charge >= 0.3 is 0 Å². The van der Waals surface area contributed by atoms with Gasteiger partial charge in [0, 0.05) is 0 Å². The zero-order valence-corrected chi connectivity index (χ0v) is 15.5. The number of hydrogen-bond donors (Lipinski definition) is 1. The second-order valence-electron chi connectivity index (χ2n) is 6.67. The van der Waals surface area contributed by atoms with E-state index in [1.54, 1.807) is 0 Å². The van der Waals surface area contributed by atoms with E-state index in [1.807, 2.05) is 0 Å². The summed E-state index contributed by atoms with van der Waals surface area (Å²) in [6.45, 7) is 2.27. The molecule has 0 spiro atoms. The van der Waals surface area contributed by atoms with Crippen LogP contribution in [-0.4, -0.2) is 15.3 Å². The van der Waals surface area contributed by atoms with Crippen LogP contribution in [0.1, 0.15) is 109 Å². The van der Waals surface area contributed by atoms with Crippen molar-refractivity contribution in [1.82, 2.24) is 10.2 Å². The third-order valence-electron chi connectivity index (χ3n) is 4.40. The minimum atomic E-state index is -0.600. The third-order valence-corrected chi connectivity index (χ3v) is 4.40. The van der Waals surface area contributed by atoms with Crippen LogP contribution in [0.2, 0.25) is 0 Å². The van der Waals surface area contributed by atoms with Gasteiger partial charge in [0.2, 0.25) is 12.3 Å². The molecule has 1 aromatic heterocycles. The summed E-state index contributed by atoms with van der Waals surface area (Å²) in [5, 5.41) is 17.1. The topological polar surface area (TPSA) is 59.2 Å². The van der Waals surface area contributed by atoms with Crippen LogP contribution in [0.25, 0.3) is 0 Å². The molecule has 1 unspecified atom stereocenters. The van der Waals surface area contributed by atoms with E-state index in [0.717, 1.165) is 12.8 Å². The normalized spacial score (nSPS) is 12.9. The molecular weight excluding hydrogens is 300 g/mol. The molecule has 1 aromatic rings. The van der Waals surface area contributed by atoms with E-state index in [0.29, 0.717) is 12.3 Å². The van der Waals surface area contributed by atoms with Gasteiger partial charge in [0.05, 0.1) is 0 Å².